The molecule has 3 heterocycles. The van der Waals surface area contributed by atoms with Crippen LogP contribution in [0.15, 0.2) is 53.9 Å². The van der Waals surface area contributed by atoms with Crippen molar-refractivity contribution in [2.75, 3.05) is 6.79 Å². The first-order chi connectivity index (χ1) is 19.5. The van der Waals surface area contributed by atoms with Gasteiger partial charge in [-0.3, -0.25) is 9.59 Å². The monoisotopic (exact) mass is 560 g/mol. The van der Waals surface area contributed by atoms with Crippen LogP contribution < -0.4 is 20.1 Å². The van der Waals surface area contributed by atoms with E-state index in [-0.39, 0.29) is 18.6 Å². The molecule has 0 fully saturated rings. The van der Waals surface area contributed by atoms with Crippen LogP contribution in [0.4, 0.5) is 0 Å². The Morgan fingerprint density at radius 2 is 1.88 bits per heavy atom. The Labute approximate surface area is 238 Å². The number of carbonyl (C=O) groups is 2. The third kappa shape index (κ3) is 5.99. The Balaban J connectivity index is 1.31. The summed E-state index contributed by atoms with van der Waals surface area (Å²) >= 11 is 1.73. The van der Waals surface area contributed by atoms with Crippen molar-refractivity contribution in [2.24, 2.45) is 0 Å². The average molecular weight is 561 g/mol. The number of fused-ring (bicyclic) bond motifs is 2. The predicted octanol–water partition coefficient (Wildman–Crippen LogP) is 5.99. The zero-order valence-corrected chi connectivity index (χ0v) is 24.1. The van der Waals surface area contributed by atoms with Crippen LogP contribution in [-0.4, -0.2) is 34.2 Å². The highest BCUT2D eigenvalue weighted by Gasteiger charge is 2.23. The summed E-state index contributed by atoms with van der Waals surface area (Å²) in [4.78, 5) is 32.6. The summed E-state index contributed by atoms with van der Waals surface area (Å²) in [5, 5.41) is 7.99. The van der Waals surface area contributed by atoms with Gasteiger partial charge in [-0.25, -0.2) is 4.98 Å². The lowest BCUT2D eigenvalue weighted by Gasteiger charge is -2.19. The van der Waals surface area contributed by atoms with Crippen molar-refractivity contribution < 1.29 is 19.1 Å². The number of aromatic nitrogens is 2. The number of carbonyl (C=O) groups excluding carboxylic acids is 2. The summed E-state index contributed by atoms with van der Waals surface area (Å²) in [6, 6.07) is 15.1. The molecule has 1 atom stereocenters. The smallest absolute Gasteiger partial charge is 0.252 e. The Morgan fingerprint density at radius 3 is 2.62 bits per heavy atom. The highest BCUT2D eigenvalue weighted by atomic mass is 32.1. The van der Waals surface area contributed by atoms with E-state index in [0.717, 1.165) is 48.1 Å². The van der Waals surface area contributed by atoms with E-state index < -0.39 is 6.04 Å². The van der Waals surface area contributed by atoms with Crippen LogP contribution in [0.25, 0.3) is 11.0 Å². The van der Waals surface area contributed by atoms with Crippen LogP contribution in [0.2, 0.25) is 0 Å². The van der Waals surface area contributed by atoms with Gasteiger partial charge in [0, 0.05) is 29.4 Å². The van der Waals surface area contributed by atoms with Crippen LogP contribution in [-0.2, 0) is 17.8 Å². The number of nitrogens with one attached hydrogen (secondary N) is 2. The molecule has 0 unspecified atom stereocenters. The highest BCUT2D eigenvalue weighted by molar-refractivity contribution is 7.09. The van der Waals surface area contributed by atoms with Gasteiger partial charge in [0.15, 0.2) is 11.5 Å². The fraction of sp³-hybridized carbons (Fsp3) is 0.387. The van der Waals surface area contributed by atoms with Crippen LogP contribution >= 0.6 is 11.3 Å². The third-order valence-corrected chi connectivity index (χ3v) is 8.22. The van der Waals surface area contributed by atoms with Gasteiger partial charge in [0.25, 0.3) is 5.91 Å². The number of ether oxygens (including phenoxy) is 2. The zero-order valence-electron chi connectivity index (χ0n) is 23.2. The van der Waals surface area contributed by atoms with E-state index in [9.17, 15) is 9.59 Å². The second kappa shape index (κ2) is 12.6. The van der Waals surface area contributed by atoms with Gasteiger partial charge >= 0.3 is 0 Å². The second-order valence-electron chi connectivity index (χ2n) is 10.0. The van der Waals surface area contributed by atoms with Gasteiger partial charge in [0.05, 0.1) is 11.0 Å². The SMILES string of the molecule is CCC[C@H](NC(=O)c1ccc2c(c1)nc(Cc1cccs1)n2C(CC)CC)C(=O)NCc1ccc2c(c1)OCO2. The van der Waals surface area contributed by atoms with Crippen molar-refractivity contribution in [2.45, 2.75) is 71.5 Å². The van der Waals surface area contributed by atoms with E-state index in [0.29, 0.717) is 36.1 Å². The van der Waals surface area contributed by atoms with Crippen molar-refractivity contribution in [3.8, 4) is 11.5 Å². The van der Waals surface area contributed by atoms with Gasteiger partial charge < -0.3 is 24.7 Å². The Kier molecular flexibility index (Phi) is 8.69. The molecule has 0 spiro atoms. The fourth-order valence-corrected chi connectivity index (χ4v) is 5.91. The molecule has 0 aliphatic carbocycles. The quantitative estimate of drug-likeness (QED) is 0.222. The van der Waals surface area contributed by atoms with E-state index >= 15 is 0 Å². The van der Waals surface area contributed by atoms with Crippen molar-refractivity contribution >= 4 is 34.2 Å². The molecule has 0 saturated carbocycles. The first-order valence-corrected chi connectivity index (χ1v) is 14.9. The number of imidazole rings is 1. The van der Waals surface area contributed by atoms with Crippen molar-refractivity contribution in [3.05, 3.63) is 75.7 Å². The van der Waals surface area contributed by atoms with Gasteiger partial charge in [-0.1, -0.05) is 39.3 Å². The largest absolute Gasteiger partial charge is 0.454 e. The number of amides is 2. The molecule has 0 saturated heterocycles. The summed E-state index contributed by atoms with van der Waals surface area (Å²) in [5.41, 5.74) is 3.22. The molecule has 8 nitrogen and oxygen atoms in total. The maximum atomic E-state index is 13.3. The van der Waals surface area contributed by atoms with Gasteiger partial charge in [-0.15, -0.1) is 11.3 Å². The summed E-state index contributed by atoms with van der Waals surface area (Å²) in [5.74, 6) is 1.88. The number of rotatable bonds is 12. The predicted molar refractivity (Wildman–Crippen MR) is 157 cm³/mol. The third-order valence-electron chi connectivity index (χ3n) is 7.35. The van der Waals surface area contributed by atoms with Crippen molar-refractivity contribution in [1.82, 2.24) is 20.2 Å². The Morgan fingerprint density at radius 1 is 1.05 bits per heavy atom. The standard InChI is InChI=1S/C31H36N4O4S/c1-4-8-24(31(37)32-18-20-10-13-27-28(15-20)39-19-38-27)34-30(36)21-11-12-26-25(16-21)33-29(17-23-9-7-14-40-23)35(26)22(5-2)6-3/h7,9-16,22,24H,4-6,8,17-19H2,1-3H3,(H,32,37)(H,34,36)/t24-/m0/s1. The fourth-order valence-electron chi connectivity index (χ4n) is 5.21. The van der Waals surface area contributed by atoms with Gasteiger partial charge in [-0.05, 0) is 66.6 Å². The minimum absolute atomic E-state index is 0.204. The number of benzene rings is 2. The van der Waals surface area contributed by atoms with Gasteiger partial charge in [0.2, 0.25) is 12.7 Å². The molecule has 4 aromatic rings. The van der Waals surface area contributed by atoms with Gasteiger partial charge in [-0.2, -0.15) is 0 Å². The zero-order chi connectivity index (χ0) is 28.1. The average Bonchev–Trinajstić information content (AvgIpc) is 3.72. The van der Waals surface area contributed by atoms with Crippen LogP contribution in [0.1, 0.15) is 79.1 Å². The molecule has 9 heteroatoms. The molecule has 0 bridgehead atoms. The molecule has 0 radical (unpaired) electrons. The lowest BCUT2D eigenvalue weighted by Crippen LogP contribution is -2.46. The minimum atomic E-state index is -0.640. The van der Waals surface area contributed by atoms with Crippen LogP contribution in [0.3, 0.4) is 0 Å². The molecule has 5 rings (SSSR count). The number of thiophene rings is 1. The molecule has 1 aliphatic rings. The number of hydrogen-bond donors (Lipinski definition) is 2. The normalized spacial score (nSPS) is 13.1. The van der Waals surface area contributed by atoms with Crippen LogP contribution in [0, 0.1) is 0 Å². The molecular weight excluding hydrogens is 524 g/mol. The molecule has 2 aromatic heterocycles. The maximum absolute atomic E-state index is 13.3. The van der Waals surface area contributed by atoms with E-state index in [1.54, 1.807) is 11.3 Å². The van der Waals surface area contributed by atoms with E-state index in [4.69, 9.17) is 14.5 Å². The Hall–Kier alpha value is -3.85. The lowest BCUT2D eigenvalue weighted by molar-refractivity contribution is -0.123. The topological polar surface area (TPSA) is 94.5 Å². The van der Waals surface area contributed by atoms with Crippen LogP contribution in [0.5, 0.6) is 11.5 Å². The van der Waals surface area contributed by atoms with E-state index in [2.05, 4.69) is 46.6 Å². The highest BCUT2D eigenvalue weighted by Crippen LogP contribution is 2.32. The molecule has 2 amide bonds. The molecule has 2 N–H and O–H groups in total. The maximum Gasteiger partial charge on any atom is 0.252 e. The molecule has 2 aromatic carbocycles. The summed E-state index contributed by atoms with van der Waals surface area (Å²) in [7, 11) is 0. The Bertz CT molecular complexity index is 1480. The first-order valence-electron chi connectivity index (χ1n) is 14.0. The second-order valence-corrected chi connectivity index (χ2v) is 11.1. The van der Waals surface area contributed by atoms with E-state index in [1.807, 2.05) is 43.3 Å². The first kappa shape index (κ1) is 27.7. The van der Waals surface area contributed by atoms with Crippen molar-refractivity contribution in [1.29, 1.82) is 0 Å². The van der Waals surface area contributed by atoms with Gasteiger partial charge in [0.1, 0.15) is 11.9 Å². The number of nitrogens with zero attached hydrogens (tertiary/aromatic N) is 2. The van der Waals surface area contributed by atoms with Crippen molar-refractivity contribution in [3.63, 3.8) is 0 Å². The number of hydrogen-bond acceptors (Lipinski definition) is 6. The summed E-state index contributed by atoms with van der Waals surface area (Å²) in [6.45, 7) is 6.92. The minimum Gasteiger partial charge on any atom is -0.454 e. The summed E-state index contributed by atoms with van der Waals surface area (Å²) < 4.78 is 13.1. The molecule has 1 aliphatic heterocycles. The molecule has 40 heavy (non-hydrogen) atoms. The van der Waals surface area contributed by atoms with E-state index in [1.165, 1.54) is 4.88 Å². The summed E-state index contributed by atoms with van der Waals surface area (Å²) in [6.07, 6.45) is 4.05. The molecular formula is C31H36N4O4S. The lowest BCUT2D eigenvalue weighted by atomic mass is 10.1. The molecule has 210 valence electrons.